The van der Waals surface area contributed by atoms with Crippen LogP contribution in [0.1, 0.15) is 24.1 Å². The number of thiophene rings is 1. The molecule has 1 amide bonds. The van der Waals surface area contributed by atoms with Crippen molar-refractivity contribution in [3.63, 3.8) is 0 Å². The Kier molecular flexibility index (Phi) is 2.64. The van der Waals surface area contributed by atoms with E-state index in [1.54, 1.807) is 11.3 Å². The average molecular weight is 195 g/mol. The maximum Gasteiger partial charge on any atom is 0.220 e. The fourth-order valence-corrected chi connectivity index (χ4v) is 1.90. The molecule has 2 nitrogen and oxygen atoms in total. The molecule has 1 aromatic heterocycles. The van der Waals surface area contributed by atoms with Crippen LogP contribution in [0.3, 0.4) is 0 Å². The molecule has 3 heteroatoms. The van der Waals surface area contributed by atoms with Crippen LogP contribution in [0, 0.1) is 5.92 Å². The highest BCUT2D eigenvalue weighted by atomic mass is 32.1. The number of rotatable bonds is 4. The zero-order valence-corrected chi connectivity index (χ0v) is 8.27. The van der Waals surface area contributed by atoms with Crippen molar-refractivity contribution in [2.75, 3.05) is 0 Å². The number of carbonyl (C=O) groups is 1. The highest BCUT2D eigenvalue weighted by Gasteiger charge is 2.23. The molecule has 0 saturated heterocycles. The lowest BCUT2D eigenvalue weighted by molar-refractivity contribution is -0.121. The van der Waals surface area contributed by atoms with Crippen LogP contribution in [0.15, 0.2) is 17.5 Å². The summed E-state index contributed by atoms with van der Waals surface area (Å²) >= 11 is 1.68. The van der Waals surface area contributed by atoms with E-state index < -0.39 is 0 Å². The molecule has 13 heavy (non-hydrogen) atoms. The number of hydrogen-bond donors (Lipinski definition) is 1. The van der Waals surface area contributed by atoms with E-state index in [2.05, 4.69) is 5.32 Å². The van der Waals surface area contributed by atoms with E-state index in [0.717, 1.165) is 6.42 Å². The lowest BCUT2D eigenvalue weighted by Crippen LogP contribution is -2.22. The van der Waals surface area contributed by atoms with Gasteiger partial charge in [-0.05, 0) is 30.2 Å². The van der Waals surface area contributed by atoms with Crippen molar-refractivity contribution >= 4 is 17.2 Å². The summed E-state index contributed by atoms with van der Waals surface area (Å²) in [4.78, 5) is 12.5. The second kappa shape index (κ2) is 3.92. The van der Waals surface area contributed by atoms with Crippen molar-refractivity contribution in [1.82, 2.24) is 5.32 Å². The van der Waals surface area contributed by atoms with Crippen LogP contribution < -0.4 is 5.32 Å². The largest absolute Gasteiger partial charge is 0.351 e. The molecule has 0 aromatic carbocycles. The van der Waals surface area contributed by atoms with Gasteiger partial charge in [0.2, 0.25) is 5.91 Å². The van der Waals surface area contributed by atoms with Crippen molar-refractivity contribution < 1.29 is 4.79 Å². The van der Waals surface area contributed by atoms with Gasteiger partial charge >= 0.3 is 0 Å². The molecule has 0 bridgehead atoms. The molecule has 1 fully saturated rings. The van der Waals surface area contributed by atoms with Crippen molar-refractivity contribution in [2.45, 2.75) is 25.8 Å². The van der Waals surface area contributed by atoms with Gasteiger partial charge in [0.15, 0.2) is 0 Å². The minimum absolute atomic E-state index is 0.205. The van der Waals surface area contributed by atoms with Gasteiger partial charge in [-0.15, -0.1) is 11.3 Å². The average Bonchev–Trinajstić information content (AvgIpc) is 2.78. The van der Waals surface area contributed by atoms with Gasteiger partial charge in [0, 0.05) is 11.3 Å². The van der Waals surface area contributed by atoms with Gasteiger partial charge in [0.05, 0.1) is 6.54 Å². The highest BCUT2D eigenvalue weighted by molar-refractivity contribution is 7.09. The molecule has 2 rings (SSSR count). The van der Waals surface area contributed by atoms with Crippen LogP contribution in [0.2, 0.25) is 0 Å². The van der Waals surface area contributed by atoms with Gasteiger partial charge in [0.25, 0.3) is 0 Å². The molecule has 0 atom stereocenters. The Hall–Kier alpha value is -0.830. The fraction of sp³-hybridized carbons (Fsp3) is 0.500. The Bertz CT molecular complexity index is 277. The van der Waals surface area contributed by atoms with E-state index in [1.165, 1.54) is 17.7 Å². The first-order chi connectivity index (χ1) is 6.34. The summed E-state index contributed by atoms with van der Waals surface area (Å²) in [6.45, 7) is 0.698. The Morgan fingerprint density at radius 2 is 2.46 bits per heavy atom. The molecular formula is C10H13NOS. The highest BCUT2D eigenvalue weighted by Crippen LogP contribution is 2.32. The molecule has 0 aliphatic heterocycles. The first-order valence-electron chi connectivity index (χ1n) is 4.63. The molecule has 0 radical (unpaired) electrons. The molecule has 0 unspecified atom stereocenters. The summed E-state index contributed by atoms with van der Waals surface area (Å²) in [5.41, 5.74) is 0. The van der Waals surface area contributed by atoms with Gasteiger partial charge in [-0.25, -0.2) is 0 Å². The molecule has 1 aliphatic carbocycles. The molecule has 1 aromatic rings. The van der Waals surface area contributed by atoms with Gasteiger partial charge in [-0.3, -0.25) is 4.79 Å². The quantitative estimate of drug-likeness (QED) is 0.783. The monoisotopic (exact) mass is 195 g/mol. The van der Waals surface area contributed by atoms with E-state index in [0.29, 0.717) is 12.5 Å². The van der Waals surface area contributed by atoms with Gasteiger partial charge in [0.1, 0.15) is 0 Å². The smallest absolute Gasteiger partial charge is 0.220 e. The topological polar surface area (TPSA) is 29.1 Å². The van der Waals surface area contributed by atoms with Crippen molar-refractivity contribution in [3.8, 4) is 0 Å². The van der Waals surface area contributed by atoms with Crippen molar-refractivity contribution in [2.24, 2.45) is 5.92 Å². The van der Waals surface area contributed by atoms with E-state index in [-0.39, 0.29) is 5.91 Å². The van der Waals surface area contributed by atoms with Crippen LogP contribution in [0.25, 0.3) is 0 Å². The lowest BCUT2D eigenvalue weighted by Gasteiger charge is -2.01. The van der Waals surface area contributed by atoms with Crippen LogP contribution in [0.4, 0.5) is 0 Å². The summed E-state index contributed by atoms with van der Waals surface area (Å²) in [7, 11) is 0. The number of carbonyl (C=O) groups excluding carboxylic acids is 1. The molecule has 0 spiro atoms. The Morgan fingerprint density at radius 3 is 3.08 bits per heavy atom. The zero-order valence-electron chi connectivity index (χ0n) is 7.45. The number of nitrogens with one attached hydrogen (secondary N) is 1. The Labute approximate surface area is 82.0 Å². The first-order valence-corrected chi connectivity index (χ1v) is 5.51. The van der Waals surface area contributed by atoms with Gasteiger partial charge in [-0.2, -0.15) is 0 Å². The molecule has 1 heterocycles. The summed E-state index contributed by atoms with van der Waals surface area (Å²) in [6.07, 6.45) is 3.21. The third kappa shape index (κ3) is 2.84. The third-order valence-corrected chi connectivity index (χ3v) is 3.09. The van der Waals surface area contributed by atoms with Crippen LogP contribution >= 0.6 is 11.3 Å². The van der Waals surface area contributed by atoms with E-state index in [9.17, 15) is 4.79 Å². The summed E-state index contributed by atoms with van der Waals surface area (Å²) in [5, 5.41) is 4.96. The van der Waals surface area contributed by atoms with Crippen molar-refractivity contribution in [3.05, 3.63) is 22.4 Å². The summed E-state index contributed by atoms with van der Waals surface area (Å²) in [6, 6.07) is 4.05. The molecule has 1 saturated carbocycles. The molecule has 1 aliphatic rings. The van der Waals surface area contributed by atoms with E-state index in [1.807, 2.05) is 17.5 Å². The predicted molar refractivity (Wildman–Crippen MR) is 53.5 cm³/mol. The number of hydrogen-bond acceptors (Lipinski definition) is 2. The SMILES string of the molecule is O=C(CC1CC1)NCc1cccs1. The summed E-state index contributed by atoms with van der Waals surface area (Å²) in [5.74, 6) is 0.888. The van der Waals surface area contributed by atoms with E-state index in [4.69, 9.17) is 0 Å². The maximum atomic E-state index is 11.3. The van der Waals surface area contributed by atoms with Crippen LogP contribution in [0.5, 0.6) is 0 Å². The van der Waals surface area contributed by atoms with E-state index >= 15 is 0 Å². The zero-order chi connectivity index (χ0) is 9.10. The van der Waals surface area contributed by atoms with Gasteiger partial charge in [-0.1, -0.05) is 6.07 Å². The summed E-state index contributed by atoms with van der Waals surface area (Å²) < 4.78 is 0. The molecular weight excluding hydrogens is 182 g/mol. The van der Waals surface area contributed by atoms with Crippen LogP contribution in [-0.2, 0) is 11.3 Å². The Morgan fingerprint density at radius 1 is 1.62 bits per heavy atom. The second-order valence-electron chi connectivity index (χ2n) is 3.50. The maximum absolute atomic E-state index is 11.3. The van der Waals surface area contributed by atoms with Crippen LogP contribution in [-0.4, -0.2) is 5.91 Å². The fourth-order valence-electron chi connectivity index (χ4n) is 1.26. The minimum atomic E-state index is 0.205. The van der Waals surface area contributed by atoms with Gasteiger partial charge < -0.3 is 5.32 Å². The normalized spacial score (nSPS) is 15.7. The minimum Gasteiger partial charge on any atom is -0.351 e. The molecule has 70 valence electrons. The predicted octanol–water partition coefficient (Wildman–Crippen LogP) is 2.16. The third-order valence-electron chi connectivity index (χ3n) is 2.21. The molecule has 1 N–H and O–H groups in total. The lowest BCUT2D eigenvalue weighted by atomic mass is 10.3. The Balaban J connectivity index is 1.69. The number of amides is 1. The standard InChI is InChI=1S/C10H13NOS/c12-10(6-8-3-4-8)11-7-9-2-1-5-13-9/h1-2,5,8H,3-4,6-7H2,(H,11,12). The van der Waals surface area contributed by atoms with Crippen molar-refractivity contribution in [1.29, 1.82) is 0 Å². The second-order valence-corrected chi connectivity index (χ2v) is 4.54. The first kappa shape index (κ1) is 8.75.